The number of rotatable bonds is 5. The van der Waals surface area contributed by atoms with E-state index >= 15 is 0 Å². The molecule has 4 rings (SSSR count). The Labute approximate surface area is 169 Å². The lowest BCUT2D eigenvalue weighted by atomic mass is 9.95. The molecule has 0 radical (unpaired) electrons. The van der Waals surface area contributed by atoms with Crippen LogP contribution in [0.3, 0.4) is 0 Å². The molecular weight excluding hydrogens is 374 g/mol. The molecule has 0 aromatic heterocycles. The third-order valence-electron chi connectivity index (χ3n) is 5.06. The van der Waals surface area contributed by atoms with Crippen molar-refractivity contribution in [2.45, 2.75) is 50.5 Å². The van der Waals surface area contributed by atoms with E-state index in [0.29, 0.717) is 6.61 Å². The van der Waals surface area contributed by atoms with Gasteiger partial charge >= 0.3 is 0 Å². The lowest BCUT2D eigenvalue weighted by Crippen LogP contribution is -2.66. The minimum atomic E-state index is -1.01. The molecule has 2 aliphatic heterocycles. The molecule has 6 atom stereocenters. The van der Waals surface area contributed by atoms with E-state index in [1.54, 1.807) is 0 Å². The number of benzene rings is 2. The van der Waals surface area contributed by atoms with E-state index < -0.39 is 36.9 Å². The molecule has 154 valence electrons. The zero-order valence-corrected chi connectivity index (χ0v) is 16.1. The van der Waals surface area contributed by atoms with E-state index in [0.717, 1.165) is 11.1 Å². The van der Waals surface area contributed by atoms with Crippen molar-refractivity contribution >= 4 is 5.91 Å². The van der Waals surface area contributed by atoms with E-state index in [9.17, 15) is 9.90 Å². The zero-order valence-electron chi connectivity index (χ0n) is 16.1. The Kier molecular flexibility index (Phi) is 6.22. The summed E-state index contributed by atoms with van der Waals surface area (Å²) in [5, 5.41) is 13.7. The van der Waals surface area contributed by atoms with Crippen LogP contribution in [0.15, 0.2) is 60.7 Å². The van der Waals surface area contributed by atoms with E-state index in [1.165, 1.54) is 6.92 Å². The molecule has 0 aliphatic carbocycles. The predicted molar refractivity (Wildman–Crippen MR) is 104 cm³/mol. The van der Waals surface area contributed by atoms with Crippen molar-refractivity contribution in [1.29, 1.82) is 0 Å². The highest BCUT2D eigenvalue weighted by molar-refractivity contribution is 5.73. The van der Waals surface area contributed by atoms with Crippen LogP contribution in [0.4, 0.5) is 0 Å². The minimum absolute atomic E-state index is 0.249. The highest BCUT2D eigenvalue weighted by atomic mass is 16.7. The van der Waals surface area contributed by atoms with Crippen LogP contribution in [-0.2, 0) is 30.3 Å². The van der Waals surface area contributed by atoms with Crippen LogP contribution in [-0.4, -0.2) is 48.3 Å². The lowest BCUT2D eigenvalue weighted by Gasteiger charge is -2.47. The molecule has 2 aromatic carbocycles. The Bertz CT molecular complexity index is 801. The Balaban J connectivity index is 1.48. The summed E-state index contributed by atoms with van der Waals surface area (Å²) in [6.07, 6.45) is -3.59. The molecule has 2 heterocycles. The number of ether oxygens (including phenoxy) is 4. The van der Waals surface area contributed by atoms with Gasteiger partial charge in [-0.25, -0.2) is 0 Å². The van der Waals surface area contributed by atoms with E-state index in [2.05, 4.69) is 5.32 Å². The van der Waals surface area contributed by atoms with Crippen LogP contribution in [0.2, 0.25) is 0 Å². The second-order valence-electron chi connectivity index (χ2n) is 7.23. The fourth-order valence-corrected chi connectivity index (χ4v) is 3.65. The SMILES string of the molecule is CC(=O)NC1C(O)[C@H]2OC(c3ccccc3)OCC2O[C@@H]1OCc1ccccc1. The number of carbonyl (C=O) groups is 1. The number of aliphatic hydroxyl groups is 1. The van der Waals surface area contributed by atoms with Crippen molar-refractivity contribution in [3.63, 3.8) is 0 Å². The molecule has 2 fully saturated rings. The van der Waals surface area contributed by atoms with Gasteiger partial charge in [0, 0.05) is 12.5 Å². The van der Waals surface area contributed by atoms with Gasteiger partial charge in [0.15, 0.2) is 12.6 Å². The molecule has 1 amide bonds. The monoisotopic (exact) mass is 399 g/mol. The summed E-state index contributed by atoms with van der Waals surface area (Å²) >= 11 is 0. The van der Waals surface area contributed by atoms with Gasteiger partial charge in [0.2, 0.25) is 5.91 Å². The van der Waals surface area contributed by atoms with Crippen molar-refractivity contribution in [2.75, 3.05) is 6.61 Å². The van der Waals surface area contributed by atoms with E-state index in [-0.39, 0.29) is 12.5 Å². The zero-order chi connectivity index (χ0) is 20.2. The topological polar surface area (TPSA) is 86.3 Å². The maximum Gasteiger partial charge on any atom is 0.217 e. The summed E-state index contributed by atoms with van der Waals surface area (Å²) in [6, 6.07) is 18.4. The standard InChI is InChI=1S/C22H25NO6/c1-14(24)23-18-19(25)20-17(13-27-21(29-20)16-10-6-3-7-11-16)28-22(18)26-12-15-8-4-2-5-9-15/h2-11,17-22,25H,12-13H2,1H3,(H,23,24)/t17?,18?,19?,20-,21?,22-/m0/s1. The first-order valence-corrected chi connectivity index (χ1v) is 9.70. The number of carbonyl (C=O) groups excluding carboxylic acids is 1. The predicted octanol–water partition coefficient (Wildman–Crippen LogP) is 1.91. The van der Waals surface area contributed by atoms with Gasteiger partial charge in [-0.1, -0.05) is 60.7 Å². The molecule has 7 heteroatoms. The molecule has 7 nitrogen and oxygen atoms in total. The first-order chi connectivity index (χ1) is 14.1. The lowest BCUT2D eigenvalue weighted by molar-refractivity contribution is -0.345. The van der Waals surface area contributed by atoms with Crippen LogP contribution in [0.1, 0.15) is 24.3 Å². The molecule has 29 heavy (non-hydrogen) atoms. The van der Waals surface area contributed by atoms with Crippen molar-refractivity contribution in [3.05, 3.63) is 71.8 Å². The molecule has 4 unspecified atom stereocenters. The Morgan fingerprint density at radius 3 is 2.48 bits per heavy atom. The highest BCUT2D eigenvalue weighted by Gasteiger charge is 2.50. The van der Waals surface area contributed by atoms with Gasteiger partial charge in [-0.15, -0.1) is 0 Å². The number of hydrogen-bond acceptors (Lipinski definition) is 6. The summed E-state index contributed by atoms with van der Waals surface area (Å²) in [5.74, 6) is -0.281. The van der Waals surface area contributed by atoms with Gasteiger partial charge in [0.1, 0.15) is 24.4 Å². The molecule has 2 aromatic rings. The number of nitrogens with one attached hydrogen (secondary N) is 1. The summed E-state index contributed by atoms with van der Waals surface area (Å²) in [7, 11) is 0. The largest absolute Gasteiger partial charge is 0.388 e. The summed E-state index contributed by atoms with van der Waals surface area (Å²) in [5.41, 5.74) is 1.83. The summed E-state index contributed by atoms with van der Waals surface area (Å²) in [4.78, 5) is 11.7. The normalized spacial score (nSPS) is 31.7. The van der Waals surface area contributed by atoms with Gasteiger partial charge in [-0.3, -0.25) is 4.79 Å². The number of fused-ring (bicyclic) bond motifs is 1. The first kappa shape index (κ1) is 20.0. The van der Waals surface area contributed by atoms with Crippen molar-refractivity contribution in [3.8, 4) is 0 Å². The molecule has 0 spiro atoms. The quantitative estimate of drug-likeness (QED) is 0.799. The van der Waals surface area contributed by atoms with Gasteiger partial charge in [0.25, 0.3) is 0 Å². The second-order valence-corrected chi connectivity index (χ2v) is 7.23. The number of amides is 1. The highest BCUT2D eigenvalue weighted by Crippen LogP contribution is 2.34. The average Bonchev–Trinajstić information content (AvgIpc) is 2.75. The molecule has 0 bridgehead atoms. The van der Waals surface area contributed by atoms with Crippen LogP contribution in [0.25, 0.3) is 0 Å². The molecule has 2 N–H and O–H groups in total. The summed E-state index contributed by atoms with van der Waals surface area (Å²) < 4.78 is 23.8. The number of aliphatic hydroxyl groups excluding tert-OH is 1. The van der Waals surface area contributed by atoms with E-state index in [1.807, 2.05) is 60.7 Å². The van der Waals surface area contributed by atoms with Crippen molar-refractivity contribution < 1.29 is 28.8 Å². The van der Waals surface area contributed by atoms with Crippen molar-refractivity contribution in [2.24, 2.45) is 0 Å². The van der Waals surface area contributed by atoms with E-state index in [4.69, 9.17) is 18.9 Å². The fraction of sp³-hybridized carbons (Fsp3) is 0.409. The first-order valence-electron chi connectivity index (χ1n) is 9.70. The third-order valence-corrected chi connectivity index (χ3v) is 5.06. The minimum Gasteiger partial charge on any atom is -0.388 e. The average molecular weight is 399 g/mol. The molecule has 2 saturated heterocycles. The summed E-state index contributed by atoms with van der Waals surface area (Å²) in [6.45, 7) is 1.93. The smallest absolute Gasteiger partial charge is 0.217 e. The molecular formula is C22H25NO6. The molecule has 2 aliphatic rings. The Morgan fingerprint density at radius 1 is 1.10 bits per heavy atom. The van der Waals surface area contributed by atoms with Gasteiger partial charge in [-0.05, 0) is 5.56 Å². The van der Waals surface area contributed by atoms with Gasteiger partial charge in [-0.2, -0.15) is 0 Å². The fourth-order valence-electron chi connectivity index (χ4n) is 3.65. The Morgan fingerprint density at radius 2 is 1.79 bits per heavy atom. The van der Waals surface area contributed by atoms with Gasteiger partial charge in [0.05, 0.1) is 13.2 Å². The van der Waals surface area contributed by atoms with Gasteiger partial charge < -0.3 is 29.4 Å². The number of hydrogen-bond donors (Lipinski definition) is 2. The van der Waals surface area contributed by atoms with Crippen LogP contribution < -0.4 is 5.32 Å². The van der Waals surface area contributed by atoms with Crippen LogP contribution >= 0.6 is 0 Å². The maximum atomic E-state index is 11.7. The maximum absolute atomic E-state index is 11.7. The Hall–Kier alpha value is -2.29. The third kappa shape index (κ3) is 4.66. The van der Waals surface area contributed by atoms with Crippen LogP contribution in [0.5, 0.6) is 0 Å². The second kappa shape index (κ2) is 9.02. The molecule has 0 saturated carbocycles. The van der Waals surface area contributed by atoms with Crippen molar-refractivity contribution in [1.82, 2.24) is 5.32 Å². The van der Waals surface area contributed by atoms with Crippen LogP contribution in [0, 0.1) is 0 Å².